The minimum absolute atomic E-state index is 0.0615. The maximum atomic E-state index is 12.3. The second-order valence-corrected chi connectivity index (χ2v) is 6.67. The van der Waals surface area contributed by atoms with Crippen molar-refractivity contribution in [1.82, 2.24) is 10.6 Å². The third kappa shape index (κ3) is 5.79. The predicted molar refractivity (Wildman–Crippen MR) is 113 cm³/mol. The average molecular weight is 377 g/mol. The van der Waals surface area contributed by atoms with Crippen LogP contribution < -0.4 is 10.6 Å². The number of hydrogen-bond donors (Lipinski definition) is 2. The van der Waals surface area contributed by atoms with Crippen molar-refractivity contribution in [3.63, 3.8) is 0 Å². The maximum Gasteiger partial charge on any atom is 0.251 e. The van der Waals surface area contributed by atoms with Crippen LogP contribution in [0.2, 0.25) is 0 Å². The molecule has 2 aromatic carbocycles. The van der Waals surface area contributed by atoms with Gasteiger partial charge in [-0.05, 0) is 60.9 Å². The molecule has 0 saturated carbocycles. The van der Waals surface area contributed by atoms with Crippen molar-refractivity contribution >= 4 is 11.8 Å². The van der Waals surface area contributed by atoms with E-state index in [0.717, 1.165) is 31.5 Å². The van der Waals surface area contributed by atoms with Gasteiger partial charge in [0.2, 0.25) is 5.90 Å². The van der Waals surface area contributed by atoms with Gasteiger partial charge < -0.3 is 15.4 Å². The first-order chi connectivity index (χ1) is 13.8. The lowest BCUT2D eigenvalue weighted by atomic mass is 10.1. The molecule has 2 aromatic rings. The zero-order valence-corrected chi connectivity index (χ0v) is 16.3. The summed E-state index contributed by atoms with van der Waals surface area (Å²) in [4.78, 5) is 16.5. The van der Waals surface area contributed by atoms with Gasteiger partial charge in [-0.15, -0.1) is 0 Å². The Bertz CT molecular complexity index is 841. The molecule has 5 nitrogen and oxygen atoms in total. The summed E-state index contributed by atoms with van der Waals surface area (Å²) < 4.78 is 5.37. The van der Waals surface area contributed by atoms with E-state index < -0.39 is 0 Å². The molecule has 2 N–H and O–H groups in total. The van der Waals surface area contributed by atoms with E-state index in [2.05, 4.69) is 46.8 Å². The fourth-order valence-electron chi connectivity index (χ4n) is 2.96. The van der Waals surface area contributed by atoms with Gasteiger partial charge in [-0.3, -0.25) is 4.79 Å². The van der Waals surface area contributed by atoms with Crippen molar-refractivity contribution in [1.29, 1.82) is 0 Å². The van der Waals surface area contributed by atoms with E-state index in [1.165, 1.54) is 11.1 Å². The number of carbonyl (C=O) groups is 1. The van der Waals surface area contributed by atoms with Crippen LogP contribution in [0.15, 0.2) is 65.9 Å². The summed E-state index contributed by atoms with van der Waals surface area (Å²) >= 11 is 0. The molecule has 0 atom stereocenters. The smallest absolute Gasteiger partial charge is 0.251 e. The molecular formula is C23H27N3O2. The molecule has 0 radical (unpaired) electrons. The van der Waals surface area contributed by atoms with Gasteiger partial charge in [-0.25, -0.2) is 4.99 Å². The molecule has 0 spiro atoms. The molecule has 5 heteroatoms. The minimum atomic E-state index is -0.0615. The van der Waals surface area contributed by atoms with E-state index in [9.17, 15) is 4.79 Å². The van der Waals surface area contributed by atoms with E-state index in [1.54, 1.807) is 18.4 Å². The van der Waals surface area contributed by atoms with Gasteiger partial charge in [0.1, 0.15) is 0 Å². The highest BCUT2D eigenvalue weighted by Crippen LogP contribution is 2.09. The number of hydrogen-bond acceptors (Lipinski definition) is 4. The number of amides is 1. The van der Waals surface area contributed by atoms with E-state index in [-0.39, 0.29) is 5.91 Å². The SMILES string of the molecule is CCc1cccc(CNCCCNC(=O)c2ccc(C3=NCC=CO3)cc2)c1. The summed E-state index contributed by atoms with van der Waals surface area (Å²) in [6.45, 7) is 5.14. The standard InChI is InChI=1S/C23H27N3O2/c1-2-18-6-3-7-19(16-18)17-24-12-4-13-25-22(27)20-8-10-21(11-9-20)23-26-14-5-15-28-23/h3,5-11,15-16,24H,2,4,12-14,17H2,1H3,(H,25,27). The third-order valence-electron chi connectivity index (χ3n) is 4.55. The lowest BCUT2D eigenvalue weighted by Gasteiger charge is -2.10. The van der Waals surface area contributed by atoms with Crippen LogP contribution in [0.5, 0.6) is 0 Å². The molecule has 0 aliphatic carbocycles. The van der Waals surface area contributed by atoms with Gasteiger partial charge in [0.05, 0.1) is 12.8 Å². The van der Waals surface area contributed by atoms with Crippen molar-refractivity contribution < 1.29 is 9.53 Å². The van der Waals surface area contributed by atoms with Crippen LogP contribution in [0.3, 0.4) is 0 Å². The normalized spacial score (nSPS) is 13.0. The molecule has 0 unspecified atom stereocenters. The van der Waals surface area contributed by atoms with Crippen LogP contribution in [-0.2, 0) is 17.7 Å². The summed E-state index contributed by atoms with van der Waals surface area (Å²) in [6, 6.07) is 15.9. The highest BCUT2D eigenvalue weighted by atomic mass is 16.5. The molecule has 1 aliphatic rings. The first-order valence-electron chi connectivity index (χ1n) is 9.79. The summed E-state index contributed by atoms with van der Waals surface area (Å²) in [5.41, 5.74) is 4.17. The van der Waals surface area contributed by atoms with Crippen LogP contribution in [0.1, 0.15) is 40.4 Å². The number of carbonyl (C=O) groups excluding carboxylic acids is 1. The second kappa shape index (κ2) is 10.4. The molecule has 1 aliphatic heterocycles. The number of aryl methyl sites for hydroxylation is 1. The Morgan fingerprint density at radius 1 is 1.11 bits per heavy atom. The number of benzene rings is 2. The molecular weight excluding hydrogens is 350 g/mol. The molecule has 3 rings (SSSR count). The minimum Gasteiger partial charge on any atom is -0.447 e. The van der Waals surface area contributed by atoms with E-state index >= 15 is 0 Å². The zero-order chi connectivity index (χ0) is 19.6. The summed E-state index contributed by atoms with van der Waals surface area (Å²) in [7, 11) is 0. The van der Waals surface area contributed by atoms with Crippen molar-refractivity contribution in [2.45, 2.75) is 26.3 Å². The molecule has 0 fully saturated rings. The molecule has 146 valence electrons. The first-order valence-corrected chi connectivity index (χ1v) is 9.79. The van der Waals surface area contributed by atoms with Crippen molar-refractivity contribution in [2.75, 3.05) is 19.6 Å². The maximum absolute atomic E-state index is 12.3. The second-order valence-electron chi connectivity index (χ2n) is 6.67. The molecule has 0 aromatic heterocycles. The summed E-state index contributed by atoms with van der Waals surface area (Å²) in [6.07, 6.45) is 5.42. The Morgan fingerprint density at radius 2 is 1.93 bits per heavy atom. The molecule has 28 heavy (non-hydrogen) atoms. The van der Waals surface area contributed by atoms with Gasteiger partial charge >= 0.3 is 0 Å². The largest absolute Gasteiger partial charge is 0.447 e. The molecule has 0 bridgehead atoms. The fraction of sp³-hybridized carbons (Fsp3) is 0.304. The van der Waals surface area contributed by atoms with Crippen molar-refractivity contribution in [3.05, 3.63) is 83.1 Å². The Balaban J connectivity index is 1.35. The predicted octanol–water partition coefficient (Wildman–Crippen LogP) is 3.45. The number of rotatable bonds is 9. The van der Waals surface area contributed by atoms with Crippen LogP contribution in [0.25, 0.3) is 0 Å². The summed E-state index contributed by atoms with van der Waals surface area (Å²) in [5.74, 6) is 0.526. The van der Waals surface area contributed by atoms with E-state index in [1.807, 2.05) is 18.2 Å². The highest BCUT2D eigenvalue weighted by Gasteiger charge is 2.09. The number of nitrogens with one attached hydrogen (secondary N) is 2. The van der Waals surface area contributed by atoms with E-state index in [0.29, 0.717) is 24.6 Å². The molecule has 1 heterocycles. The number of ether oxygens (including phenoxy) is 1. The number of aliphatic imine (C=N–C) groups is 1. The molecule has 0 saturated heterocycles. The van der Waals surface area contributed by atoms with Gasteiger partial charge in [-0.1, -0.05) is 31.2 Å². The first kappa shape index (κ1) is 19.8. The topological polar surface area (TPSA) is 62.7 Å². The Hall–Kier alpha value is -2.92. The quantitative estimate of drug-likeness (QED) is 0.658. The average Bonchev–Trinajstić information content (AvgIpc) is 2.77. The van der Waals surface area contributed by atoms with Crippen LogP contribution in [0, 0.1) is 0 Å². The van der Waals surface area contributed by atoms with Gasteiger partial charge in [-0.2, -0.15) is 0 Å². The fourth-order valence-corrected chi connectivity index (χ4v) is 2.96. The Morgan fingerprint density at radius 3 is 2.68 bits per heavy atom. The third-order valence-corrected chi connectivity index (χ3v) is 4.55. The zero-order valence-electron chi connectivity index (χ0n) is 16.3. The van der Waals surface area contributed by atoms with Crippen LogP contribution >= 0.6 is 0 Å². The highest BCUT2D eigenvalue weighted by molar-refractivity contribution is 5.98. The Kier molecular flexibility index (Phi) is 7.38. The number of nitrogens with zero attached hydrogens (tertiary/aromatic N) is 1. The van der Waals surface area contributed by atoms with Gasteiger partial charge in [0, 0.05) is 24.2 Å². The van der Waals surface area contributed by atoms with Crippen LogP contribution in [0.4, 0.5) is 0 Å². The lowest BCUT2D eigenvalue weighted by Crippen LogP contribution is -2.27. The molecule has 1 amide bonds. The lowest BCUT2D eigenvalue weighted by molar-refractivity contribution is 0.0953. The summed E-state index contributed by atoms with van der Waals surface area (Å²) in [5, 5.41) is 6.39. The van der Waals surface area contributed by atoms with E-state index in [4.69, 9.17) is 4.74 Å². The van der Waals surface area contributed by atoms with Gasteiger partial charge in [0.15, 0.2) is 0 Å². The van der Waals surface area contributed by atoms with Gasteiger partial charge in [0.25, 0.3) is 5.91 Å². The van der Waals surface area contributed by atoms with Crippen molar-refractivity contribution in [3.8, 4) is 0 Å². The monoisotopic (exact) mass is 377 g/mol. The van der Waals surface area contributed by atoms with Crippen molar-refractivity contribution in [2.24, 2.45) is 4.99 Å². The van der Waals surface area contributed by atoms with Crippen LogP contribution in [-0.4, -0.2) is 31.4 Å². The Labute approximate surface area is 166 Å².